The molecule has 2 atom stereocenters. The van der Waals surface area contributed by atoms with Crippen LogP contribution in [-0.4, -0.2) is 34.1 Å². The van der Waals surface area contributed by atoms with E-state index in [2.05, 4.69) is 66.4 Å². The van der Waals surface area contributed by atoms with Gasteiger partial charge in [0, 0.05) is 0 Å². The molecular weight excluding hydrogens is 394 g/mol. The number of nitrogens with zero attached hydrogens (tertiary/aromatic N) is 2. The summed E-state index contributed by atoms with van der Waals surface area (Å²) in [5.74, 6) is 0.618. The van der Waals surface area contributed by atoms with Gasteiger partial charge in [0.05, 0.1) is 0 Å². The number of hydrogen-bond acceptors (Lipinski definition) is 1. The van der Waals surface area contributed by atoms with E-state index in [1.807, 2.05) is 20.8 Å². The minimum Gasteiger partial charge on any atom is -0.668 e. The largest absolute Gasteiger partial charge is 0.668 e. The second kappa shape index (κ2) is 10.2. The van der Waals surface area contributed by atoms with Gasteiger partial charge in [-0.2, -0.15) is 28.2 Å². The minimum atomic E-state index is -2.85. The standard InChI is InChI=1S/C8H8.C7H9.C5H11NO.2C2H6N.Ti/c1-7-4-3-5-8(2)6-7;1-6-3-4-7(2)5-6;1-5(2,3)4(6)7;2*1-3-2;/h4,6H,1-2H3;3-4,6H,1-2H3;1-3H3,(H2,6,7);2*1-2H3;/q;;;2*-1;+3/p-1. The zero-order chi connectivity index (χ0) is 22.6. The van der Waals surface area contributed by atoms with Crippen molar-refractivity contribution >= 4 is 13.6 Å². The maximum atomic E-state index is 12.8. The van der Waals surface area contributed by atoms with Gasteiger partial charge < -0.3 is 10.6 Å². The summed E-state index contributed by atoms with van der Waals surface area (Å²) >= 11 is -2.85. The van der Waals surface area contributed by atoms with Crippen LogP contribution in [0.1, 0.15) is 45.7 Å². The monoisotopic (exact) mass is 433 g/mol. The van der Waals surface area contributed by atoms with Crippen molar-refractivity contribution in [2.45, 2.75) is 48.5 Å². The van der Waals surface area contributed by atoms with Gasteiger partial charge in [-0.15, -0.1) is 0 Å². The van der Waals surface area contributed by atoms with Gasteiger partial charge in [0.2, 0.25) is 0 Å². The molecule has 1 aliphatic heterocycles. The third-order valence-electron chi connectivity index (χ3n) is 5.10. The molecule has 0 saturated carbocycles. The first-order valence-electron chi connectivity index (χ1n) is 10.2. The Kier molecular flexibility index (Phi) is 9.10. The van der Waals surface area contributed by atoms with E-state index >= 15 is 0 Å². The Bertz CT molecular complexity index is 803. The maximum absolute atomic E-state index is 12.8. The molecule has 2 aliphatic rings. The summed E-state index contributed by atoms with van der Waals surface area (Å²) < 4.78 is 8.06. The predicted molar refractivity (Wildman–Crippen MR) is 124 cm³/mol. The Hall–Kier alpha value is -1.20. The molecule has 0 spiro atoms. The van der Waals surface area contributed by atoms with Crippen molar-refractivity contribution in [2.24, 2.45) is 11.3 Å². The van der Waals surface area contributed by atoms with Crippen molar-refractivity contribution in [3.05, 3.63) is 55.5 Å². The van der Waals surface area contributed by atoms with Crippen molar-refractivity contribution in [2.75, 3.05) is 28.2 Å². The summed E-state index contributed by atoms with van der Waals surface area (Å²) in [6, 6.07) is 4.58. The number of aryl methyl sites for hydroxylation is 2. The van der Waals surface area contributed by atoms with Crippen molar-refractivity contribution < 1.29 is 21.6 Å². The molecule has 5 heteroatoms. The van der Waals surface area contributed by atoms with Crippen LogP contribution in [0.2, 0.25) is 0 Å². The average Bonchev–Trinajstić information content (AvgIpc) is 3.07. The first kappa shape index (κ1) is 25.8. The smallest absolute Gasteiger partial charge is 0.162 e. The summed E-state index contributed by atoms with van der Waals surface area (Å²) in [5, 5.41) is 7.00. The number of allylic oxidation sites excluding steroid dienone is 4. The van der Waals surface area contributed by atoms with Gasteiger partial charge in [-0.05, 0) is 0 Å². The number of rotatable bonds is 2. The van der Waals surface area contributed by atoms with Gasteiger partial charge in [-0.1, -0.05) is 0 Å². The molecule has 0 saturated heterocycles. The van der Waals surface area contributed by atoms with Crippen molar-refractivity contribution in [3.8, 4) is 0 Å². The topological polar surface area (TPSA) is 57.3 Å². The first-order chi connectivity index (χ1) is 13.4. The molecule has 29 heavy (non-hydrogen) atoms. The normalized spacial score (nSPS) is 19.3. The summed E-state index contributed by atoms with van der Waals surface area (Å²) in [6.45, 7) is 14.8. The van der Waals surface area contributed by atoms with Crippen LogP contribution in [0.25, 0.3) is 10.6 Å². The molecule has 0 fully saturated rings. The number of carbonyl (C=O) groups is 1. The molecule has 3 rings (SSSR count). The SMILES string of the molecule is CC1=[C]([Ti+2]2([NH]C(=O)C(C)(C)C)[c]3cc(C)cc(C)[c]32)C(C)C=C1.C[N-]C.C[N-]C. The van der Waals surface area contributed by atoms with Crippen molar-refractivity contribution in [3.63, 3.8) is 0 Å². The third-order valence-corrected chi connectivity index (χ3v) is 12.3. The molecule has 0 radical (unpaired) electrons. The molecule has 2 unspecified atom stereocenters. The molecule has 0 aromatic heterocycles. The number of carbonyl (C=O) groups excluding carboxylic acids is 1. The zero-order valence-electron chi connectivity index (χ0n) is 20.2. The number of fused-ring (bicyclic) bond motifs is 1. The summed E-state index contributed by atoms with van der Waals surface area (Å²) in [6.07, 6.45) is 4.51. The van der Waals surface area contributed by atoms with E-state index in [-0.39, 0.29) is 11.3 Å². The Labute approximate surface area is 182 Å². The fraction of sp³-hybridized carbons (Fsp3) is 0.542. The zero-order valence-corrected chi connectivity index (χ0v) is 21.8. The van der Waals surface area contributed by atoms with Crippen molar-refractivity contribution in [1.82, 2.24) is 3.80 Å². The molecular formula is C24H39N3OTi. The summed E-state index contributed by atoms with van der Waals surface area (Å²) in [5.41, 5.74) is 3.66. The predicted octanol–water partition coefficient (Wildman–Crippen LogP) is 4.52. The summed E-state index contributed by atoms with van der Waals surface area (Å²) in [4.78, 5) is 12.8. The van der Waals surface area contributed by atoms with E-state index < -0.39 is 16.8 Å². The minimum absolute atomic E-state index is 0.185. The number of amides is 1. The Morgan fingerprint density at radius 1 is 1.03 bits per heavy atom. The van der Waals surface area contributed by atoms with Crippen LogP contribution in [-0.2, 0) is 21.6 Å². The van der Waals surface area contributed by atoms with Gasteiger partial charge in [0.15, 0.2) is 0 Å². The number of nitrogens with one attached hydrogen (secondary N) is 1. The third kappa shape index (κ3) is 5.49. The van der Waals surface area contributed by atoms with Gasteiger partial charge >= 0.3 is 144 Å². The molecule has 0 bridgehead atoms. The van der Waals surface area contributed by atoms with Crippen LogP contribution in [0.15, 0.2) is 33.7 Å². The molecule has 1 N–H and O–H groups in total. The second-order valence-corrected chi connectivity index (χ2v) is 14.3. The molecule has 1 aliphatic carbocycles. The van der Waals surface area contributed by atoms with Gasteiger partial charge in [-0.3, -0.25) is 0 Å². The average molecular weight is 433 g/mol. The molecule has 4 nitrogen and oxygen atoms in total. The van der Waals surface area contributed by atoms with Crippen LogP contribution < -0.4 is 11.5 Å². The van der Waals surface area contributed by atoms with E-state index in [1.165, 1.54) is 28.3 Å². The van der Waals surface area contributed by atoms with E-state index in [1.54, 1.807) is 28.2 Å². The Morgan fingerprint density at radius 2 is 1.55 bits per heavy atom. The van der Waals surface area contributed by atoms with E-state index in [9.17, 15) is 4.79 Å². The first-order valence-corrected chi connectivity index (χ1v) is 13.3. The van der Waals surface area contributed by atoms with E-state index in [0.29, 0.717) is 5.92 Å². The summed E-state index contributed by atoms with van der Waals surface area (Å²) in [7, 11) is 7.00. The number of hydrogen-bond donors (Lipinski definition) is 1. The maximum Gasteiger partial charge on any atom is -0.162 e. The quantitative estimate of drug-likeness (QED) is 0.685. The molecule has 1 aromatic carbocycles. The van der Waals surface area contributed by atoms with Gasteiger partial charge in [-0.25, -0.2) is 0 Å². The van der Waals surface area contributed by atoms with E-state index in [4.69, 9.17) is 0 Å². The van der Waals surface area contributed by atoms with Crippen LogP contribution >= 0.6 is 0 Å². The molecule has 1 aromatic rings. The van der Waals surface area contributed by atoms with Crippen LogP contribution in [0.4, 0.5) is 0 Å². The molecule has 1 heterocycles. The van der Waals surface area contributed by atoms with Gasteiger partial charge in [0.1, 0.15) is 0 Å². The number of benzene rings is 1. The van der Waals surface area contributed by atoms with Crippen LogP contribution in [0.5, 0.6) is 0 Å². The van der Waals surface area contributed by atoms with Gasteiger partial charge in [0.25, 0.3) is 0 Å². The fourth-order valence-corrected chi connectivity index (χ4v) is 12.7. The van der Waals surface area contributed by atoms with Crippen LogP contribution in [0, 0.1) is 25.2 Å². The van der Waals surface area contributed by atoms with Crippen molar-refractivity contribution in [1.29, 1.82) is 0 Å². The fourth-order valence-electron chi connectivity index (χ4n) is 3.98. The van der Waals surface area contributed by atoms with Crippen LogP contribution in [0.3, 0.4) is 0 Å². The molecule has 1 amide bonds. The van der Waals surface area contributed by atoms with E-state index in [0.717, 1.165) is 0 Å². The second-order valence-electron chi connectivity index (χ2n) is 9.10. The Balaban J connectivity index is 0.000000626. The Morgan fingerprint density at radius 3 is 1.97 bits per heavy atom. The molecule has 160 valence electrons.